The highest BCUT2D eigenvalue weighted by atomic mass is 32.2. The Morgan fingerprint density at radius 2 is 1.94 bits per heavy atom. The molecule has 0 saturated carbocycles. The molecule has 0 saturated heterocycles. The quantitative estimate of drug-likeness (QED) is 0.826. The predicted octanol–water partition coefficient (Wildman–Crippen LogP) is 1.77. The molecular formula is C12H13N3O2S. The molecule has 3 N–H and O–H groups in total. The fraction of sp³-hybridized carbons (Fsp3) is 0.0833. The van der Waals surface area contributed by atoms with Crippen molar-refractivity contribution in [1.82, 2.24) is 4.98 Å². The van der Waals surface area contributed by atoms with Gasteiger partial charge in [0.15, 0.2) is 0 Å². The highest BCUT2D eigenvalue weighted by Gasteiger charge is 2.16. The van der Waals surface area contributed by atoms with Crippen molar-refractivity contribution in [1.29, 1.82) is 0 Å². The van der Waals surface area contributed by atoms with Crippen molar-refractivity contribution in [2.24, 2.45) is 0 Å². The third-order valence-corrected chi connectivity index (χ3v) is 3.81. The number of aromatic nitrogens is 1. The maximum atomic E-state index is 12.1. The van der Waals surface area contributed by atoms with Crippen molar-refractivity contribution in [2.45, 2.75) is 11.8 Å². The van der Waals surface area contributed by atoms with Crippen LogP contribution < -0.4 is 10.5 Å². The molecule has 0 bridgehead atoms. The first-order valence-corrected chi connectivity index (χ1v) is 6.77. The highest BCUT2D eigenvalue weighted by Crippen LogP contribution is 2.20. The van der Waals surface area contributed by atoms with Crippen molar-refractivity contribution >= 4 is 21.4 Å². The maximum Gasteiger partial charge on any atom is 0.263 e. The molecule has 94 valence electrons. The smallest absolute Gasteiger partial charge is 0.263 e. The van der Waals surface area contributed by atoms with E-state index in [0.29, 0.717) is 5.69 Å². The van der Waals surface area contributed by atoms with Gasteiger partial charge in [-0.15, -0.1) is 0 Å². The first-order valence-electron chi connectivity index (χ1n) is 5.29. The summed E-state index contributed by atoms with van der Waals surface area (Å²) in [5.74, 6) is 0. The fourth-order valence-corrected chi connectivity index (χ4v) is 2.73. The van der Waals surface area contributed by atoms with Crippen LogP contribution in [0, 0.1) is 6.92 Å². The third-order valence-electron chi connectivity index (χ3n) is 2.36. The fourth-order valence-electron chi connectivity index (χ4n) is 1.54. The zero-order valence-corrected chi connectivity index (χ0v) is 10.6. The second-order valence-electron chi connectivity index (χ2n) is 3.83. The van der Waals surface area contributed by atoms with E-state index in [0.717, 1.165) is 5.69 Å². The molecule has 0 radical (unpaired) electrons. The number of benzene rings is 1. The van der Waals surface area contributed by atoms with Crippen LogP contribution in [0.4, 0.5) is 11.4 Å². The zero-order chi connectivity index (χ0) is 13.2. The van der Waals surface area contributed by atoms with Gasteiger partial charge in [0.05, 0.1) is 11.4 Å². The number of anilines is 2. The molecule has 0 aliphatic heterocycles. The van der Waals surface area contributed by atoms with Crippen molar-refractivity contribution in [2.75, 3.05) is 10.5 Å². The molecule has 0 atom stereocenters. The lowest BCUT2D eigenvalue weighted by atomic mass is 10.3. The number of rotatable bonds is 3. The normalized spacial score (nSPS) is 11.2. The molecule has 1 heterocycles. The molecule has 0 amide bonds. The van der Waals surface area contributed by atoms with Gasteiger partial charge in [-0.05, 0) is 31.2 Å². The van der Waals surface area contributed by atoms with Crippen molar-refractivity contribution < 1.29 is 8.42 Å². The average Bonchev–Trinajstić information content (AvgIpc) is 2.28. The van der Waals surface area contributed by atoms with Gasteiger partial charge in [-0.2, -0.15) is 0 Å². The first-order chi connectivity index (χ1) is 8.49. The number of nitrogens with two attached hydrogens (primary N) is 1. The summed E-state index contributed by atoms with van der Waals surface area (Å²) in [6.07, 6.45) is 1.54. The molecule has 5 nitrogen and oxygen atoms in total. The van der Waals surface area contributed by atoms with E-state index >= 15 is 0 Å². The minimum absolute atomic E-state index is 0.0689. The Kier molecular flexibility index (Phi) is 3.20. The van der Waals surface area contributed by atoms with Crippen LogP contribution in [-0.2, 0) is 10.0 Å². The Labute approximate surface area is 106 Å². The summed E-state index contributed by atoms with van der Waals surface area (Å²) in [6, 6.07) is 9.56. The number of aryl methyl sites for hydroxylation is 1. The van der Waals surface area contributed by atoms with E-state index in [4.69, 9.17) is 5.73 Å². The van der Waals surface area contributed by atoms with Crippen molar-refractivity contribution in [3.05, 3.63) is 48.3 Å². The molecule has 1 aromatic heterocycles. The van der Waals surface area contributed by atoms with Gasteiger partial charge < -0.3 is 5.73 Å². The Hall–Kier alpha value is -2.08. The summed E-state index contributed by atoms with van der Waals surface area (Å²) in [6.45, 7) is 1.79. The third kappa shape index (κ3) is 2.60. The van der Waals surface area contributed by atoms with Crippen LogP contribution in [0.5, 0.6) is 0 Å². The number of nitrogens with zero attached hydrogens (tertiary/aromatic N) is 1. The predicted molar refractivity (Wildman–Crippen MR) is 70.6 cm³/mol. The van der Waals surface area contributed by atoms with Crippen LogP contribution >= 0.6 is 0 Å². The molecule has 0 aliphatic carbocycles. The largest absolute Gasteiger partial charge is 0.398 e. The van der Waals surface area contributed by atoms with Gasteiger partial charge in [0.25, 0.3) is 10.0 Å². The lowest BCUT2D eigenvalue weighted by Crippen LogP contribution is -2.14. The van der Waals surface area contributed by atoms with E-state index in [2.05, 4.69) is 9.71 Å². The van der Waals surface area contributed by atoms with Crippen LogP contribution in [0.3, 0.4) is 0 Å². The van der Waals surface area contributed by atoms with Gasteiger partial charge in [0, 0.05) is 11.9 Å². The average molecular weight is 263 g/mol. The van der Waals surface area contributed by atoms with Crippen LogP contribution in [0.25, 0.3) is 0 Å². The number of sulfonamides is 1. The van der Waals surface area contributed by atoms with E-state index in [1.54, 1.807) is 43.5 Å². The molecule has 18 heavy (non-hydrogen) atoms. The van der Waals surface area contributed by atoms with Crippen LogP contribution in [0.2, 0.25) is 0 Å². The number of para-hydroxylation sites is 1. The highest BCUT2D eigenvalue weighted by molar-refractivity contribution is 7.92. The van der Waals surface area contributed by atoms with E-state index in [-0.39, 0.29) is 10.6 Å². The summed E-state index contributed by atoms with van der Waals surface area (Å²) < 4.78 is 26.7. The van der Waals surface area contributed by atoms with E-state index < -0.39 is 10.0 Å². The second kappa shape index (κ2) is 4.66. The van der Waals surface area contributed by atoms with Crippen LogP contribution in [-0.4, -0.2) is 13.4 Å². The summed E-state index contributed by atoms with van der Waals surface area (Å²) in [5, 5.41) is 0. The van der Waals surface area contributed by atoms with Gasteiger partial charge >= 0.3 is 0 Å². The molecule has 0 unspecified atom stereocenters. The summed E-state index contributed by atoms with van der Waals surface area (Å²) >= 11 is 0. The van der Waals surface area contributed by atoms with Gasteiger partial charge in [0.1, 0.15) is 4.90 Å². The van der Waals surface area contributed by atoms with E-state index in [1.807, 2.05) is 0 Å². The molecule has 0 spiro atoms. The Morgan fingerprint density at radius 1 is 1.22 bits per heavy atom. The molecular weight excluding hydrogens is 250 g/mol. The lowest BCUT2D eigenvalue weighted by Gasteiger charge is -2.10. The van der Waals surface area contributed by atoms with Crippen molar-refractivity contribution in [3.8, 4) is 0 Å². The number of hydrogen-bond donors (Lipinski definition) is 2. The van der Waals surface area contributed by atoms with Gasteiger partial charge in [0.2, 0.25) is 0 Å². The van der Waals surface area contributed by atoms with Gasteiger partial charge in [-0.3, -0.25) is 9.71 Å². The minimum Gasteiger partial charge on any atom is -0.398 e. The summed E-state index contributed by atoms with van der Waals surface area (Å²) in [4.78, 5) is 4.07. The molecule has 6 heteroatoms. The maximum absolute atomic E-state index is 12.1. The Bertz CT molecular complexity index is 669. The zero-order valence-electron chi connectivity index (χ0n) is 9.79. The van der Waals surface area contributed by atoms with E-state index in [1.165, 1.54) is 6.07 Å². The number of hydrogen-bond acceptors (Lipinski definition) is 4. The molecule has 0 fully saturated rings. The molecule has 2 aromatic rings. The molecule has 1 aromatic carbocycles. The standard InChI is InChI=1S/C12H13N3O2S/c1-9-8-10(6-7-14-9)15-18(16,17)12-5-3-2-4-11(12)13/h2-8H,13H2,1H3,(H,14,15). The lowest BCUT2D eigenvalue weighted by molar-refractivity contribution is 0.601. The summed E-state index contributed by atoms with van der Waals surface area (Å²) in [5.41, 5.74) is 7.07. The Morgan fingerprint density at radius 3 is 2.61 bits per heavy atom. The summed E-state index contributed by atoms with van der Waals surface area (Å²) in [7, 11) is -3.66. The van der Waals surface area contributed by atoms with Crippen molar-refractivity contribution in [3.63, 3.8) is 0 Å². The number of nitrogen functional groups attached to an aromatic ring is 1. The number of pyridine rings is 1. The first kappa shape index (κ1) is 12.4. The number of nitrogens with one attached hydrogen (secondary N) is 1. The van der Waals surface area contributed by atoms with Gasteiger partial charge in [-0.1, -0.05) is 12.1 Å². The second-order valence-corrected chi connectivity index (χ2v) is 5.48. The monoisotopic (exact) mass is 263 g/mol. The van der Waals surface area contributed by atoms with E-state index in [9.17, 15) is 8.42 Å². The minimum atomic E-state index is -3.66. The van der Waals surface area contributed by atoms with Crippen LogP contribution in [0.1, 0.15) is 5.69 Å². The van der Waals surface area contributed by atoms with Gasteiger partial charge in [-0.25, -0.2) is 8.42 Å². The topological polar surface area (TPSA) is 85.1 Å². The molecule has 0 aliphatic rings. The van der Waals surface area contributed by atoms with Crippen LogP contribution in [0.15, 0.2) is 47.5 Å². The Balaban J connectivity index is 2.37. The SMILES string of the molecule is Cc1cc(NS(=O)(=O)c2ccccc2N)ccn1. The molecule has 2 rings (SSSR count).